The molecule has 2 aliphatic rings. The van der Waals surface area contributed by atoms with Crippen LogP contribution in [0, 0.1) is 11.3 Å². The maximum Gasteiger partial charge on any atom is 0.313 e. The molecule has 0 saturated carbocycles. The maximum absolute atomic E-state index is 12.0. The highest BCUT2D eigenvalue weighted by Crippen LogP contribution is 2.50. The number of methoxy groups -OCH3 is 1. The van der Waals surface area contributed by atoms with Crippen LogP contribution >= 0.6 is 0 Å². The number of carbonyl (C=O) groups is 2. The normalized spacial score (nSPS) is 31.6. The maximum atomic E-state index is 12.0. The fraction of sp³-hybridized carbons (Fsp3) is 0.625. The lowest BCUT2D eigenvalue weighted by Crippen LogP contribution is -2.34. The van der Waals surface area contributed by atoms with E-state index in [4.69, 9.17) is 9.47 Å². The minimum absolute atomic E-state index is 0.207. The Labute approximate surface area is 124 Å². The van der Waals surface area contributed by atoms with Crippen LogP contribution in [0.5, 0.6) is 0 Å². The van der Waals surface area contributed by atoms with E-state index in [-0.39, 0.29) is 24.5 Å². The van der Waals surface area contributed by atoms with Crippen LogP contribution in [0.2, 0.25) is 0 Å². The number of aliphatic hydroxyl groups excluding tert-OH is 1. The number of aliphatic hydroxyl groups is 1. The van der Waals surface area contributed by atoms with Gasteiger partial charge in [-0.1, -0.05) is 24.6 Å². The Morgan fingerprint density at radius 3 is 2.71 bits per heavy atom. The number of rotatable bonds is 3. The summed E-state index contributed by atoms with van der Waals surface area (Å²) in [4.78, 5) is 23.0. The summed E-state index contributed by atoms with van der Waals surface area (Å²) >= 11 is 0. The van der Waals surface area contributed by atoms with Gasteiger partial charge in [0.05, 0.1) is 19.1 Å². The first-order valence-electron chi connectivity index (χ1n) is 7.16. The summed E-state index contributed by atoms with van der Waals surface area (Å²) in [6, 6.07) is 0. The molecule has 2 aliphatic carbocycles. The molecule has 0 aromatic carbocycles. The molecule has 0 saturated heterocycles. The van der Waals surface area contributed by atoms with Crippen molar-refractivity contribution in [1.29, 1.82) is 0 Å². The van der Waals surface area contributed by atoms with Crippen molar-refractivity contribution in [1.82, 2.24) is 0 Å². The summed E-state index contributed by atoms with van der Waals surface area (Å²) in [5.41, 5.74) is 1.38. The molecule has 1 N–H and O–H groups in total. The monoisotopic (exact) mass is 294 g/mol. The molecule has 0 radical (unpaired) electrons. The zero-order valence-corrected chi connectivity index (χ0v) is 12.7. The Kier molecular flexibility index (Phi) is 4.52. The first kappa shape index (κ1) is 15.8. The Morgan fingerprint density at radius 2 is 2.10 bits per heavy atom. The SMILES string of the molecule is COC(=O)[C@H]1CC=C(COC(C)=O)C[C@@]2(C)C1=CCC2O. The molecule has 0 bridgehead atoms. The smallest absolute Gasteiger partial charge is 0.313 e. The molecular weight excluding hydrogens is 272 g/mol. The number of allylic oxidation sites excluding steroid dienone is 1. The van der Waals surface area contributed by atoms with Crippen LogP contribution in [0.1, 0.15) is 33.1 Å². The van der Waals surface area contributed by atoms with Crippen molar-refractivity contribution in [3.05, 3.63) is 23.3 Å². The van der Waals surface area contributed by atoms with Crippen LogP contribution in [0.3, 0.4) is 0 Å². The number of fused-ring (bicyclic) bond motifs is 1. The minimum atomic E-state index is -0.529. The molecule has 0 aromatic rings. The van der Waals surface area contributed by atoms with Crippen molar-refractivity contribution in [3.8, 4) is 0 Å². The molecule has 116 valence electrons. The lowest BCUT2D eigenvalue weighted by molar-refractivity contribution is -0.144. The van der Waals surface area contributed by atoms with Crippen molar-refractivity contribution >= 4 is 11.9 Å². The van der Waals surface area contributed by atoms with Gasteiger partial charge >= 0.3 is 11.9 Å². The first-order valence-corrected chi connectivity index (χ1v) is 7.16. The standard InChI is InChI=1S/C16H22O5/c1-10(17)21-9-11-4-5-12(15(19)20-3)13-6-7-14(18)16(13,2)8-11/h4,6,12,14,18H,5,7-9H2,1-3H3/t12-,14?,16-/m0/s1. The molecule has 0 aliphatic heterocycles. The second-order valence-corrected chi connectivity index (χ2v) is 5.96. The third kappa shape index (κ3) is 3.02. The molecule has 0 aromatic heterocycles. The van der Waals surface area contributed by atoms with E-state index in [9.17, 15) is 14.7 Å². The van der Waals surface area contributed by atoms with Crippen molar-refractivity contribution in [2.24, 2.45) is 11.3 Å². The molecule has 0 heterocycles. The second-order valence-electron chi connectivity index (χ2n) is 5.96. The van der Waals surface area contributed by atoms with Crippen LogP contribution in [0.15, 0.2) is 23.3 Å². The van der Waals surface area contributed by atoms with E-state index in [2.05, 4.69) is 0 Å². The summed E-state index contributed by atoms with van der Waals surface area (Å²) in [5, 5.41) is 10.3. The molecule has 0 amide bonds. The number of carbonyl (C=O) groups excluding carboxylic acids is 2. The van der Waals surface area contributed by atoms with E-state index >= 15 is 0 Å². The number of esters is 2. The molecule has 0 fully saturated rings. The van der Waals surface area contributed by atoms with Crippen LogP contribution in [0.4, 0.5) is 0 Å². The summed E-state index contributed by atoms with van der Waals surface area (Å²) in [6.45, 7) is 3.53. The largest absolute Gasteiger partial charge is 0.469 e. The first-order chi connectivity index (χ1) is 9.88. The average Bonchev–Trinajstić information content (AvgIpc) is 2.64. The average molecular weight is 294 g/mol. The van der Waals surface area contributed by atoms with Gasteiger partial charge < -0.3 is 14.6 Å². The molecule has 3 atom stereocenters. The Morgan fingerprint density at radius 1 is 1.38 bits per heavy atom. The highest BCUT2D eigenvalue weighted by Gasteiger charge is 2.47. The summed E-state index contributed by atoms with van der Waals surface area (Å²) < 4.78 is 9.95. The van der Waals surface area contributed by atoms with E-state index in [1.165, 1.54) is 14.0 Å². The lowest BCUT2D eigenvalue weighted by Gasteiger charge is -2.33. The van der Waals surface area contributed by atoms with E-state index in [1.807, 2.05) is 19.1 Å². The third-order valence-corrected chi connectivity index (χ3v) is 4.51. The van der Waals surface area contributed by atoms with Gasteiger partial charge in [-0.3, -0.25) is 9.59 Å². The van der Waals surface area contributed by atoms with Crippen LogP contribution < -0.4 is 0 Å². The van der Waals surface area contributed by atoms with Gasteiger partial charge in [-0.25, -0.2) is 0 Å². The van der Waals surface area contributed by atoms with E-state index < -0.39 is 11.5 Å². The number of hydrogen-bond acceptors (Lipinski definition) is 5. The fourth-order valence-electron chi connectivity index (χ4n) is 3.31. The molecule has 2 rings (SSSR count). The Bertz CT molecular complexity index is 505. The van der Waals surface area contributed by atoms with Crippen molar-refractivity contribution < 1.29 is 24.2 Å². The zero-order chi connectivity index (χ0) is 15.6. The highest BCUT2D eigenvalue weighted by atomic mass is 16.5. The lowest BCUT2D eigenvalue weighted by atomic mass is 9.73. The van der Waals surface area contributed by atoms with E-state index in [0.29, 0.717) is 19.3 Å². The predicted molar refractivity (Wildman–Crippen MR) is 76.3 cm³/mol. The van der Waals surface area contributed by atoms with Gasteiger partial charge in [0.15, 0.2) is 0 Å². The van der Waals surface area contributed by atoms with Gasteiger partial charge in [-0.15, -0.1) is 0 Å². The molecule has 5 heteroatoms. The summed E-state index contributed by atoms with van der Waals surface area (Å²) in [7, 11) is 1.37. The second kappa shape index (κ2) is 6.02. The Hall–Kier alpha value is -1.62. The van der Waals surface area contributed by atoms with Gasteiger partial charge in [0, 0.05) is 12.3 Å². The van der Waals surface area contributed by atoms with Gasteiger partial charge in [0.25, 0.3) is 0 Å². The molecule has 21 heavy (non-hydrogen) atoms. The van der Waals surface area contributed by atoms with Gasteiger partial charge in [-0.05, 0) is 24.8 Å². The van der Waals surface area contributed by atoms with Crippen LogP contribution in [-0.2, 0) is 19.1 Å². The van der Waals surface area contributed by atoms with Crippen molar-refractivity contribution in [2.45, 2.75) is 39.2 Å². The van der Waals surface area contributed by atoms with Gasteiger partial charge in [0.2, 0.25) is 0 Å². The fourth-order valence-corrected chi connectivity index (χ4v) is 3.31. The van der Waals surface area contributed by atoms with E-state index in [0.717, 1.165) is 11.1 Å². The quantitative estimate of drug-likeness (QED) is 0.634. The Balaban J connectivity index is 2.28. The van der Waals surface area contributed by atoms with Gasteiger partial charge in [-0.2, -0.15) is 0 Å². The molecule has 5 nitrogen and oxygen atoms in total. The summed E-state index contributed by atoms with van der Waals surface area (Å²) in [5.74, 6) is -0.990. The van der Waals surface area contributed by atoms with Crippen molar-refractivity contribution in [2.75, 3.05) is 13.7 Å². The zero-order valence-electron chi connectivity index (χ0n) is 12.7. The summed E-state index contributed by atoms with van der Waals surface area (Å²) in [6.07, 6.45) is 4.99. The third-order valence-electron chi connectivity index (χ3n) is 4.51. The molecule has 0 spiro atoms. The topological polar surface area (TPSA) is 72.8 Å². The predicted octanol–water partition coefficient (Wildman–Crippen LogP) is 1.76. The molecule has 1 unspecified atom stereocenters. The van der Waals surface area contributed by atoms with Crippen LogP contribution in [-0.4, -0.2) is 36.9 Å². The van der Waals surface area contributed by atoms with E-state index in [1.54, 1.807) is 0 Å². The van der Waals surface area contributed by atoms with Gasteiger partial charge in [0.1, 0.15) is 6.61 Å². The highest BCUT2D eigenvalue weighted by molar-refractivity contribution is 5.77. The van der Waals surface area contributed by atoms with Crippen LogP contribution in [0.25, 0.3) is 0 Å². The number of hydrogen-bond donors (Lipinski definition) is 1. The minimum Gasteiger partial charge on any atom is -0.469 e. The number of ether oxygens (including phenoxy) is 2. The molecular formula is C16H22O5. The van der Waals surface area contributed by atoms with Crippen molar-refractivity contribution in [3.63, 3.8) is 0 Å².